The highest BCUT2D eigenvalue weighted by molar-refractivity contribution is 5.73. The number of benzene rings is 2. The van der Waals surface area contributed by atoms with Crippen molar-refractivity contribution < 1.29 is 15.0 Å². The zero-order chi connectivity index (χ0) is 16.6. The third-order valence-electron chi connectivity index (χ3n) is 4.26. The van der Waals surface area contributed by atoms with Gasteiger partial charge in [-0.15, -0.1) is 0 Å². The number of amides is 1. The lowest BCUT2D eigenvalue weighted by Crippen LogP contribution is -2.37. The van der Waals surface area contributed by atoms with E-state index in [0.29, 0.717) is 12.0 Å². The van der Waals surface area contributed by atoms with Crippen LogP contribution in [0.25, 0.3) is 0 Å². The number of hydrogen-bond acceptors (Lipinski definition) is 4. The van der Waals surface area contributed by atoms with Crippen LogP contribution < -0.4 is 5.43 Å². The van der Waals surface area contributed by atoms with Crippen molar-refractivity contribution in [1.82, 2.24) is 10.4 Å². The molecule has 1 saturated heterocycles. The van der Waals surface area contributed by atoms with E-state index in [0.717, 1.165) is 5.56 Å². The summed E-state index contributed by atoms with van der Waals surface area (Å²) >= 11 is 0. The standard InChI is InChI=1S/C18H20N2O3/c1-11-3-5-13(6-4-11)17-10-16(19-20(17)12(2)21)15-8-7-14(22)9-18(15)23/h3-9,16-17,19,22-23H,10H2,1-2H3. The van der Waals surface area contributed by atoms with Crippen LogP contribution in [0.3, 0.4) is 0 Å². The number of aromatic hydroxyl groups is 2. The molecular formula is C18H20N2O3. The molecule has 1 amide bonds. The normalized spacial score (nSPS) is 20.7. The maximum atomic E-state index is 12.0. The van der Waals surface area contributed by atoms with Crippen molar-refractivity contribution in [3.05, 3.63) is 59.2 Å². The summed E-state index contributed by atoms with van der Waals surface area (Å²) in [5.41, 5.74) is 6.07. The number of phenols is 2. The van der Waals surface area contributed by atoms with Gasteiger partial charge in [-0.25, -0.2) is 5.43 Å². The first-order valence-corrected chi connectivity index (χ1v) is 7.60. The number of hydrazine groups is 1. The highest BCUT2D eigenvalue weighted by Crippen LogP contribution is 2.40. The van der Waals surface area contributed by atoms with Gasteiger partial charge in [0.2, 0.25) is 5.91 Å². The Hall–Kier alpha value is -2.53. The van der Waals surface area contributed by atoms with Gasteiger partial charge in [0.25, 0.3) is 0 Å². The van der Waals surface area contributed by atoms with Crippen LogP contribution in [-0.4, -0.2) is 21.1 Å². The van der Waals surface area contributed by atoms with E-state index in [1.807, 2.05) is 31.2 Å². The molecule has 0 aromatic heterocycles. The minimum Gasteiger partial charge on any atom is -0.508 e. The monoisotopic (exact) mass is 312 g/mol. The highest BCUT2D eigenvalue weighted by Gasteiger charge is 2.36. The maximum Gasteiger partial charge on any atom is 0.234 e. The summed E-state index contributed by atoms with van der Waals surface area (Å²) in [5.74, 6) is -0.0327. The van der Waals surface area contributed by atoms with Crippen LogP contribution in [-0.2, 0) is 4.79 Å². The number of hydrogen-bond donors (Lipinski definition) is 3. The van der Waals surface area contributed by atoms with E-state index < -0.39 is 0 Å². The number of nitrogens with zero attached hydrogens (tertiary/aromatic N) is 1. The van der Waals surface area contributed by atoms with Crippen molar-refractivity contribution in [2.75, 3.05) is 0 Å². The summed E-state index contributed by atoms with van der Waals surface area (Å²) in [6, 6.07) is 12.4. The van der Waals surface area contributed by atoms with Gasteiger partial charge in [0, 0.05) is 18.6 Å². The van der Waals surface area contributed by atoms with Crippen LogP contribution in [0.4, 0.5) is 0 Å². The van der Waals surface area contributed by atoms with Gasteiger partial charge in [0.05, 0.1) is 12.1 Å². The van der Waals surface area contributed by atoms with Crippen molar-refractivity contribution in [2.45, 2.75) is 32.4 Å². The number of phenolic OH excluding ortho intramolecular Hbond substituents is 2. The Morgan fingerprint density at radius 1 is 1.17 bits per heavy atom. The van der Waals surface area contributed by atoms with Gasteiger partial charge in [-0.2, -0.15) is 0 Å². The van der Waals surface area contributed by atoms with E-state index in [2.05, 4.69) is 5.43 Å². The van der Waals surface area contributed by atoms with E-state index in [1.165, 1.54) is 24.6 Å². The summed E-state index contributed by atoms with van der Waals surface area (Å²) in [6.45, 7) is 3.55. The summed E-state index contributed by atoms with van der Waals surface area (Å²) in [7, 11) is 0. The quantitative estimate of drug-likeness (QED) is 0.797. The Balaban J connectivity index is 1.92. The predicted octanol–water partition coefficient (Wildman–Crippen LogP) is 2.95. The molecule has 5 heteroatoms. The zero-order valence-corrected chi connectivity index (χ0v) is 13.2. The Bertz CT molecular complexity index is 728. The molecule has 3 N–H and O–H groups in total. The number of carbonyl (C=O) groups is 1. The number of aryl methyl sites for hydroxylation is 1. The lowest BCUT2D eigenvalue weighted by atomic mass is 9.96. The second-order valence-corrected chi connectivity index (χ2v) is 5.98. The molecule has 0 spiro atoms. The SMILES string of the molecule is CC(=O)N1NC(c2ccc(O)cc2O)CC1c1ccc(C)cc1. The fourth-order valence-electron chi connectivity index (χ4n) is 3.05. The van der Waals surface area contributed by atoms with Crippen LogP contribution >= 0.6 is 0 Å². The average molecular weight is 312 g/mol. The number of carbonyl (C=O) groups excluding carboxylic acids is 1. The molecule has 1 heterocycles. The molecule has 23 heavy (non-hydrogen) atoms. The lowest BCUT2D eigenvalue weighted by Gasteiger charge is -2.23. The van der Waals surface area contributed by atoms with Gasteiger partial charge >= 0.3 is 0 Å². The van der Waals surface area contributed by atoms with Gasteiger partial charge in [-0.3, -0.25) is 9.80 Å². The smallest absolute Gasteiger partial charge is 0.234 e. The zero-order valence-electron chi connectivity index (χ0n) is 13.2. The Morgan fingerprint density at radius 2 is 1.87 bits per heavy atom. The maximum absolute atomic E-state index is 12.0. The molecule has 2 aromatic rings. The van der Waals surface area contributed by atoms with Gasteiger partial charge in [0.1, 0.15) is 11.5 Å². The van der Waals surface area contributed by atoms with E-state index in [1.54, 1.807) is 11.1 Å². The predicted molar refractivity (Wildman–Crippen MR) is 86.7 cm³/mol. The van der Waals surface area contributed by atoms with Crippen LogP contribution in [0.2, 0.25) is 0 Å². The second kappa shape index (κ2) is 5.93. The third kappa shape index (κ3) is 3.00. The van der Waals surface area contributed by atoms with Gasteiger partial charge in [-0.05, 0) is 25.0 Å². The molecule has 1 aliphatic heterocycles. The minimum atomic E-state index is -0.189. The summed E-state index contributed by atoms with van der Waals surface area (Å²) in [5, 5.41) is 21.1. The molecule has 0 saturated carbocycles. The van der Waals surface area contributed by atoms with Crippen molar-refractivity contribution in [1.29, 1.82) is 0 Å². The largest absolute Gasteiger partial charge is 0.508 e. The Kier molecular flexibility index (Phi) is 3.96. The molecular weight excluding hydrogens is 292 g/mol. The first-order valence-electron chi connectivity index (χ1n) is 7.60. The molecule has 2 atom stereocenters. The highest BCUT2D eigenvalue weighted by atomic mass is 16.3. The molecule has 2 aromatic carbocycles. The molecule has 3 rings (SSSR count). The molecule has 1 aliphatic rings. The van der Waals surface area contributed by atoms with Gasteiger partial charge in [-0.1, -0.05) is 35.9 Å². The molecule has 1 fully saturated rings. The Morgan fingerprint density at radius 3 is 2.48 bits per heavy atom. The average Bonchev–Trinajstić information content (AvgIpc) is 2.93. The summed E-state index contributed by atoms with van der Waals surface area (Å²) in [6.07, 6.45) is 0.654. The van der Waals surface area contributed by atoms with Crippen molar-refractivity contribution in [3.63, 3.8) is 0 Å². The van der Waals surface area contributed by atoms with Crippen LogP contribution in [0, 0.1) is 6.92 Å². The van der Waals surface area contributed by atoms with Crippen molar-refractivity contribution in [3.8, 4) is 11.5 Å². The topological polar surface area (TPSA) is 72.8 Å². The number of nitrogens with one attached hydrogen (secondary N) is 1. The molecule has 0 aliphatic carbocycles. The number of rotatable bonds is 2. The summed E-state index contributed by atoms with van der Waals surface area (Å²) in [4.78, 5) is 12.0. The van der Waals surface area contributed by atoms with E-state index in [4.69, 9.17) is 0 Å². The minimum absolute atomic E-state index is 0.0164. The molecule has 0 radical (unpaired) electrons. The van der Waals surface area contributed by atoms with Crippen molar-refractivity contribution in [2.24, 2.45) is 0 Å². The molecule has 5 nitrogen and oxygen atoms in total. The van der Waals surface area contributed by atoms with Crippen LogP contribution in [0.1, 0.15) is 42.1 Å². The fraction of sp³-hybridized carbons (Fsp3) is 0.278. The van der Waals surface area contributed by atoms with E-state index in [-0.39, 0.29) is 29.5 Å². The van der Waals surface area contributed by atoms with Crippen LogP contribution in [0.15, 0.2) is 42.5 Å². The van der Waals surface area contributed by atoms with Gasteiger partial charge in [0.15, 0.2) is 0 Å². The first kappa shape index (κ1) is 15.4. The van der Waals surface area contributed by atoms with Crippen LogP contribution in [0.5, 0.6) is 11.5 Å². The lowest BCUT2D eigenvalue weighted by molar-refractivity contribution is -0.132. The third-order valence-corrected chi connectivity index (χ3v) is 4.26. The second-order valence-electron chi connectivity index (χ2n) is 5.98. The molecule has 2 unspecified atom stereocenters. The van der Waals surface area contributed by atoms with E-state index >= 15 is 0 Å². The fourth-order valence-corrected chi connectivity index (χ4v) is 3.05. The first-order chi connectivity index (χ1) is 11.0. The van der Waals surface area contributed by atoms with Gasteiger partial charge < -0.3 is 10.2 Å². The summed E-state index contributed by atoms with van der Waals surface area (Å²) < 4.78 is 0. The van der Waals surface area contributed by atoms with E-state index in [9.17, 15) is 15.0 Å². The Labute approximate surface area is 135 Å². The van der Waals surface area contributed by atoms with Crippen molar-refractivity contribution >= 4 is 5.91 Å². The molecule has 0 bridgehead atoms. The molecule has 120 valence electrons.